The number of carbonyl (C=O) groups excluding carboxylic acids is 2. The maximum atomic E-state index is 12.9. The van der Waals surface area contributed by atoms with Gasteiger partial charge in [-0.3, -0.25) is 9.59 Å². The molecule has 0 saturated heterocycles. The van der Waals surface area contributed by atoms with E-state index < -0.39 is 0 Å². The Morgan fingerprint density at radius 3 is 2.61 bits per heavy atom. The number of anilines is 2. The Labute approximate surface area is 205 Å². The second-order valence-electron chi connectivity index (χ2n) is 7.26. The second-order valence-corrected chi connectivity index (χ2v) is 10.3. The number of amides is 2. The number of nitrogens with zero attached hydrogens (tertiary/aromatic N) is 1. The maximum Gasteiger partial charge on any atom is 0.239 e. The summed E-state index contributed by atoms with van der Waals surface area (Å²) in [5.41, 5.74) is 2.56. The highest BCUT2D eigenvalue weighted by molar-refractivity contribution is 8.00. The Hall–Kier alpha value is -2.94. The standard InChI is InChI=1S/C25H23N3O2S3/c1-2-21(24(30)28-25-27-20(16-32-25)22-12-7-13-31-22)33-19-11-6-10-18(15-19)26-23(29)14-17-8-4-3-5-9-17/h3-13,15-16,21H,2,14H2,1H3,(H,26,29)(H,27,28,30). The number of hydrogen-bond donors (Lipinski definition) is 2. The van der Waals surface area contributed by atoms with Gasteiger partial charge >= 0.3 is 0 Å². The van der Waals surface area contributed by atoms with E-state index in [-0.39, 0.29) is 17.1 Å². The van der Waals surface area contributed by atoms with Crippen LogP contribution in [0.1, 0.15) is 18.9 Å². The molecule has 0 radical (unpaired) electrons. The highest BCUT2D eigenvalue weighted by Crippen LogP contribution is 2.31. The fourth-order valence-corrected chi connectivity index (χ4v) is 5.66. The van der Waals surface area contributed by atoms with Crippen LogP contribution < -0.4 is 10.6 Å². The molecule has 2 amide bonds. The third kappa shape index (κ3) is 6.54. The number of thiazole rings is 1. The zero-order chi connectivity index (χ0) is 23.0. The lowest BCUT2D eigenvalue weighted by atomic mass is 10.1. The van der Waals surface area contributed by atoms with Gasteiger partial charge in [-0.25, -0.2) is 4.98 Å². The summed E-state index contributed by atoms with van der Waals surface area (Å²) >= 11 is 4.53. The highest BCUT2D eigenvalue weighted by Gasteiger charge is 2.20. The van der Waals surface area contributed by atoms with Crippen LogP contribution in [0.15, 0.2) is 82.4 Å². The zero-order valence-corrected chi connectivity index (χ0v) is 20.4. The van der Waals surface area contributed by atoms with Gasteiger partial charge in [-0.15, -0.1) is 34.4 Å². The number of aromatic nitrogens is 1. The molecule has 5 nitrogen and oxygen atoms in total. The van der Waals surface area contributed by atoms with E-state index in [9.17, 15) is 9.59 Å². The van der Waals surface area contributed by atoms with Gasteiger partial charge in [0.1, 0.15) is 0 Å². The minimum absolute atomic E-state index is 0.0709. The Bertz CT molecular complexity index is 1210. The van der Waals surface area contributed by atoms with Crippen LogP contribution >= 0.6 is 34.4 Å². The summed E-state index contributed by atoms with van der Waals surface area (Å²) in [7, 11) is 0. The van der Waals surface area contributed by atoms with Crippen molar-refractivity contribution in [2.45, 2.75) is 29.9 Å². The normalized spacial score (nSPS) is 11.7. The summed E-state index contributed by atoms with van der Waals surface area (Å²) in [4.78, 5) is 31.8. The molecule has 2 aromatic carbocycles. The minimum Gasteiger partial charge on any atom is -0.326 e. The molecule has 0 spiro atoms. The van der Waals surface area contributed by atoms with Crippen molar-refractivity contribution in [2.24, 2.45) is 0 Å². The molecule has 33 heavy (non-hydrogen) atoms. The van der Waals surface area contributed by atoms with E-state index in [1.807, 2.05) is 84.4 Å². The molecule has 168 valence electrons. The third-order valence-electron chi connectivity index (χ3n) is 4.77. The lowest BCUT2D eigenvalue weighted by molar-refractivity contribution is -0.116. The van der Waals surface area contributed by atoms with Gasteiger partial charge in [0.15, 0.2) is 5.13 Å². The van der Waals surface area contributed by atoms with Crippen LogP contribution in [-0.2, 0) is 16.0 Å². The molecule has 1 atom stereocenters. The average molecular weight is 494 g/mol. The Kier molecular flexibility index (Phi) is 7.93. The van der Waals surface area contributed by atoms with Crippen LogP contribution in [0, 0.1) is 0 Å². The summed E-state index contributed by atoms with van der Waals surface area (Å²) in [6.07, 6.45) is 0.990. The first-order valence-electron chi connectivity index (χ1n) is 10.5. The highest BCUT2D eigenvalue weighted by atomic mass is 32.2. The summed E-state index contributed by atoms with van der Waals surface area (Å²) < 4.78 is 0. The number of hydrogen-bond acceptors (Lipinski definition) is 6. The first kappa shape index (κ1) is 23.2. The number of rotatable bonds is 9. The number of thioether (sulfide) groups is 1. The molecule has 0 aliphatic heterocycles. The predicted molar refractivity (Wildman–Crippen MR) is 139 cm³/mol. The van der Waals surface area contributed by atoms with Crippen LogP contribution in [0.4, 0.5) is 10.8 Å². The van der Waals surface area contributed by atoms with Gasteiger partial charge in [0, 0.05) is 16.0 Å². The summed E-state index contributed by atoms with van der Waals surface area (Å²) in [5, 5.41) is 10.2. The Morgan fingerprint density at radius 2 is 1.85 bits per heavy atom. The van der Waals surface area contributed by atoms with Crippen molar-refractivity contribution in [3.05, 3.63) is 83.1 Å². The van der Waals surface area contributed by atoms with Crippen molar-refractivity contribution < 1.29 is 9.59 Å². The molecule has 1 unspecified atom stereocenters. The SMILES string of the molecule is CCC(Sc1cccc(NC(=O)Cc2ccccc2)c1)C(=O)Nc1nc(-c2cccs2)cs1. The van der Waals surface area contributed by atoms with Gasteiger partial charge in [-0.05, 0) is 41.6 Å². The molecule has 0 aliphatic rings. The molecule has 4 aromatic rings. The van der Waals surface area contributed by atoms with E-state index in [1.165, 1.54) is 23.1 Å². The molecular formula is C25H23N3O2S3. The Morgan fingerprint density at radius 1 is 1.00 bits per heavy atom. The number of nitrogens with one attached hydrogen (secondary N) is 2. The predicted octanol–water partition coefficient (Wildman–Crippen LogP) is 6.56. The number of carbonyl (C=O) groups is 2. The van der Waals surface area contributed by atoms with E-state index in [0.29, 0.717) is 18.0 Å². The van der Waals surface area contributed by atoms with Gasteiger partial charge in [-0.2, -0.15) is 0 Å². The van der Waals surface area contributed by atoms with Crippen molar-refractivity contribution in [2.75, 3.05) is 10.6 Å². The summed E-state index contributed by atoms with van der Waals surface area (Å²) in [6.45, 7) is 1.99. The average Bonchev–Trinajstić information content (AvgIpc) is 3.50. The van der Waals surface area contributed by atoms with Crippen molar-refractivity contribution in [3.63, 3.8) is 0 Å². The first-order chi connectivity index (χ1) is 16.1. The van der Waals surface area contributed by atoms with Crippen LogP contribution in [0.5, 0.6) is 0 Å². The van der Waals surface area contributed by atoms with Crippen LogP contribution in [0.25, 0.3) is 10.6 Å². The lowest BCUT2D eigenvalue weighted by Crippen LogP contribution is -2.24. The van der Waals surface area contributed by atoms with E-state index in [0.717, 1.165) is 26.7 Å². The van der Waals surface area contributed by atoms with Gasteiger partial charge < -0.3 is 10.6 Å². The quantitative estimate of drug-likeness (QED) is 0.259. The zero-order valence-electron chi connectivity index (χ0n) is 18.0. The fraction of sp³-hybridized carbons (Fsp3) is 0.160. The topological polar surface area (TPSA) is 71.1 Å². The van der Waals surface area contributed by atoms with Gasteiger partial charge in [0.05, 0.1) is 22.2 Å². The first-order valence-corrected chi connectivity index (χ1v) is 13.2. The van der Waals surface area contributed by atoms with Crippen LogP contribution in [0.3, 0.4) is 0 Å². The van der Waals surface area contributed by atoms with Crippen molar-refractivity contribution in [1.29, 1.82) is 0 Å². The molecule has 2 N–H and O–H groups in total. The van der Waals surface area contributed by atoms with Gasteiger partial charge in [0.2, 0.25) is 11.8 Å². The van der Waals surface area contributed by atoms with E-state index >= 15 is 0 Å². The molecule has 0 fully saturated rings. The second kappa shape index (κ2) is 11.3. The molecule has 2 heterocycles. The minimum atomic E-state index is -0.269. The van der Waals surface area contributed by atoms with Crippen molar-refractivity contribution >= 4 is 57.1 Å². The van der Waals surface area contributed by atoms with E-state index in [1.54, 1.807) is 11.3 Å². The molecule has 4 rings (SSSR count). The third-order valence-corrected chi connectivity index (χ3v) is 7.78. The molecule has 0 bridgehead atoms. The van der Waals surface area contributed by atoms with Crippen LogP contribution in [-0.4, -0.2) is 22.0 Å². The summed E-state index contributed by atoms with van der Waals surface area (Å²) in [5.74, 6) is -0.147. The molecule has 0 aliphatic carbocycles. The molecule has 8 heteroatoms. The van der Waals surface area contributed by atoms with Gasteiger partial charge in [0.25, 0.3) is 0 Å². The molecular weight excluding hydrogens is 470 g/mol. The number of benzene rings is 2. The van der Waals surface area contributed by atoms with E-state index in [4.69, 9.17) is 0 Å². The lowest BCUT2D eigenvalue weighted by Gasteiger charge is -2.14. The monoisotopic (exact) mass is 493 g/mol. The van der Waals surface area contributed by atoms with E-state index in [2.05, 4.69) is 15.6 Å². The molecule has 0 saturated carbocycles. The van der Waals surface area contributed by atoms with Crippen molar-refractivity contribution in [3.8, 4) is 10.6 Å². The smallest absolute Gasteiger partial charge is 0.239 e. The Balaban J connectivity index is 1.35. The maximum absolute atomic E-state index is 12.9. The fourth-order valence-electron chi connectivity index (χ4n) is 3.17. The van der Waals surface area contributed by atoms with Crippen LogP contribution in [0.2, 0.25) is 0 Å². The van der Waals surface area contributed by atoms with Gasteiger partial charge in [-0.1, -0.05) is 49.4 Å². The summed E-state index contributed by atoms with van der Waals surface area (Å²) in [6, 6.07) is 21.2. The molecule has 2 aromatic heterocycles. The largest absolute Gasteiger partial charge is 0.326 e. The number of thiophene rings is 1. The van der Waals surface area contributed by atoms with Crippen molar-refractivity contribution in [1.82, 2.24) is 4.98 Å².